The van der Waals surface area contributed by atoms with Crippen LogP contribution < -0.4 is 4.74 Å². The van der Waals surface area contributed by atoms with E-state index in [1.54, 1.807) is 0 Å². The lowest BCUT2D eigenvalue weighted by Crippen LogP contribution is -2.32. The van der Waals surface area contributed by atoms with Gasteiger partial charge in [0.15, 0.2) is 0 Å². The number of para-hydroxylation sites is 5. The van der Waals surface area contributed by atoms with Gasteiger partial charge < -0.3 is 13.9 Å². The Morgan fingerprint density at radius 2 is 0.803 bits per heavy atom. The first-order valence-corrected chi connectivity index (χ1v) is 24.1. The second-order valence-electron chi connectivity index (χ2n) is 18.7. The van der Waals surface area contributed by atoms with E-state index in [-0.39, 0.29) is 0 Å². The number of hydrogen-bond acceptors (Lipinski definition) is 4. The SMILES string of the molecule is c1cnc2c(c1)C1(c3ccc(-n4c5ccccc5c5ccccc54)cc3Oc3ccc(-c4ccc5c(c4)c4ccccc4n5-c4cc(-n5c6ccccc6c6ccccc65)ccn4)cc31)c1cccnc1-2. The van der Waals surface area contributed by atoms with Crippen molar-refractivity contribution in [2.45, 2.75) is 5.41 Å². The lowest BCUT2D eigenvalue weighted by Gasteiger charge is -2.39. The summed E-state index contributed by atoms with van der Waals surface area (Å²) < 4.78 is 14.2. The standard InChI is InChI=1S/C64H38N6O/c1-6-20-53-43(13-1)44-14-2-7-21-54(44)68(53)41-27-28-49-60(37-41)71-59-30-26-40(36-52(59)64(49)50-18-11-32-66-62(50)63-51(64)19-12-33-67-63)39-25-29-58-48(35-39)47-17-5-10-24-57(47)70(58)61-38-42(31-34-65-61)69-55-22-8-3-15-45(55)46-16-4-9-23-56(46)69/h1-38H. The number of rotatable bonds is 4. The fraction of sp³-hybridized carbons (Fsp3) is 0.0156. The summed E-state index contributed by atoms with van der Waals surface area (Å²) in [7, 11) is 0. The van der Waals surface area contributed by atoms with Gasteiger partial charge >= 0.3 is 0 Å². The number of aromatic nitrogens is 6. The predicted molar refractivity (Wildman–Crippen MR) is 286 cm³/mol. The van der Waals surface area contributed by atoms with Gasteiger partial charge in [-0.3, -0.25) is 14.5 Å². The van der Waals surface area contributed by atoms with E-state index < -0.39 is 5.41 Å². The van der Waals surface area contributed by atoms with Crippen molar-refractivity contribution in [1.82, 2.24) is 28.7 Å². The minimum Gasteiger partial charge on any atom is -0.457 e. The van der Waals surface area contributed by atoms with Crippen LogP contribution in [0.15, 0.2) is 231 Å². The van der Waals surface area contributed by atoms with Gasteiger partial charge in [0.2, 0.25) is 0 Å². The molecule has 0 saturated heterocycles. The Hall–Kier alpha value is -9.59. The maximum absolute atomic E-state index is 7.15. The molecule has 1 aliphatic carbocycles. The van der Waals surface area contributed by atoms with Crippen LogP contribution in [0.4, 0.5) is 0 Å². The van der Waals surface area contributed by atoms with Crippen LogP contribution in [-0.2, 0) is 5.41 Å². The van der Waals surface area contributed by atoms with Gasteiger partial charge in [-0.15, -0.1) is 0 Å². The molecule has 7 heterocycles. The van der Waals surface area contributed by atoms with Crippen molar-refractivity contribution in [2.75, 3.05) is 0 Å². The third-order valence-electron chi connectivity index (χ3n) is 15.3. The molecule has 16 rings (SSSR count). The summed E-state index contributed by atoms with van der Waals surface area (Å²) in [4.78, 5) is 15.1. The van der Waals surface area contributed by atoms with E-state index in [1.807, 2.05) is 18.6 Å². The summed E-state index contributed by atoms with van der Waals surface area (Å²) in [6, 6.07) is 76.4. The second kappa shape index (κ2) is 14.2. The van der Waals surface area contributed by atoms with Crippen LogP contribution in [-0.4, -0.2) is 28.7 Å². The summed E-state index contributed by atoms with van der Waals surface area (Å²) in [5, 5.41) is 7.21. The predicted octanol–water partition coefficient (Wildman–Crippen LogP) is 15.3. The maximum Gasteiger partial charge on any atom is 0.139 e. The van der Waals surface area contributed by atoms with E-state index in [9.17, 15) is 0 Å². The molecule has 0 fully saturated rings. The van der Waals surface area contributed by atoms with E-state index in [2.05, 4.69) is 226 Å². The maximum atomic E-state index is 7.15. The fourth-order valence-electron chi connectivity index (χ4n) is 12.4. The molecule has 0 radical (unpaired) electrons. The highest BCUT2D eigenvalue weighted by Gasteiger charge is 2.52. The third-order valence-corrected chi connectivity index (χ3v) is 15.3. The van der Waals surface area contributed by atoms with Crippen LogP contribution in [0.3, 0.4) is 0 Å². The first-order chi connectivity index (χ1) is 35.2. The second-order valence-corrected chi connectivity index (χ2v) is 18.7. The van der Waals surface area contributed by atoms with Gasteiger partial charge in [-0.2, -0.15) is 0 Å². The van der Waals surface area contributed by atoms with Crippen LogP contribution in [0, 0.1) is 0 Å². The molecule has 0 atom stereocenters. The lowest BCUT2D eigenvalue weighted by atomic mass is 9.66. The molecule has 8 aromatic carbocycles. The lowest BCUT2D eigenvalue weighted by molar-refractivity contribution is 0.436. The number of nitrogens with zero attached hydrogens (tertiary/aromatic N) is 6. The van der Waals surface area contributed by atoms with Crippen molar-refractivity contribution in [3.63, 3.8) is 0 Å². The largest absolute Gasteiger partial charge is 0.457 e. The summed E-state index contributed by atoms with van der Waals surface area (Å²) >= 11 is 0. The molecule has 71 heavy (non-hydrogen) atoms. The average Bonchev–Trinajstić information content (AvgIpc) is 4.15. The van der Waals surface area contributed by atoms with Crippen LogP contribution in [0.2, 0.25) is 0 Å². The zero-order valence-electron chi connectivity index (χ0n) is 38.0. The first kappa shape index (κ1) is 38.4. The van der Waals surface area contributed by atoms with Crippen molar-refractivity contribution in [2.24, 2.45) is 0 Å². The Kier molecular flexibility index (Phi) is 7.69. The van der Waals surface area contributed by atoms with E-state index in [0.29, 0.717) is 0 Å². The fourth-order valence-corrected chi connectivity index (χ4v) is 12.4. The van der Waals surface area contributed by atoms with E-state index in [1.165, 1.54) is 32.6 Å². The molecular weight excluding hydrogens is 869 g/mol. The Labute approximate surface area is 406 Å². The van der Waals surface area contributed by atoms with Gasteiger partial charge in [0, 0.05) is 79.9 Å². The zero-order valence-corrected chi connectivity index (χ0v) is 38.0. The Morgan fingerprint density at radius 3 is 1.39 bits per heavy atom. The van der Waals surface area contributed by atoms with E-state index >= 15 is 0 Å². The Balaban J connectivity index is 0.875. The Bertz CT molecular complexity index is 4440. The minimum absolute atomic E-state index is 0.751. The van der Waals surface area contributed by atoms with Crippen molar-refractivity contribution >= 4 is 65.4 Å². The highest BCUT2D eigenvalue weighted by atomic mass is 16.5. The van der Waals surface area contributed by atoms with Crippen LogP contribution in [0.25, 0.3) is 105 Å². The highest BCUT2D eigenvalue weighted by molar-refractivity contribution is 6.12. The van der Waals surface area contributed by atoms with Crippen LogP contribution >= 0.6 is 0 Å². The summed E-state index contributed by atoms with van der Waals surface area (Å²) in [5.41, 5.74) is 16.4. The molecule has 0 bridgehead atoms. The number of ether oxygens (including phenoxy) is 1. The number of pyridine rings is 3. The monoisotopic (exact) mass is 906 g/mol. The van der Waals surface area contributed by atoms with Gasteiger partial charge in [0.25, 0.3) is 0 Å². The molecule has 7 nitrogen and oxygen atoms in total. The van der Waals surface area contributed by atoms with Crippen LogP contribution in [0.5, 0.6) is 11.5 Å². The molecule has 7 heteroatoms. The Morgan fingerprint density at radius 1 is 0.310 bits per heavy atom. The van der Waals surface area contributed by atoms with Crippen molar-refractivity contribution in [1.29, 1.82) is 0 Å². The van der Waals surface area contributed by atoms with Crippen molar-refractivity contribution in [3.8, 4) is 51.2 Å². The average molecular weight is 907 g/mol. The number of hydrogen-bond donors (Lipinski definition) is 0. The van der Waals surface area contributed by atoms with E-state index in [4.69, 9.17) is 19.7 Å². The summed E-state index contributed by atoms with van der Waals surface area (Å²) in [6.45, 7) is 0. The van der Waals surface area contributed by atoms with Gasteiger partial charge in [-0.1, -0.05) is 121 Å². The topological polar surface area (TPSA) is 62.7 Å². The van der Waals surface area contributed by atoms with E-state index in [0.717, 1.165) is 106 Å². The van der Waals surface area contributed by atoms with Crippen molar-refractivity contribution in [3.05, 3.63) is 253 Å². The quantitative estimate of drug-likeness (QED) is 0.176. The summed E-state index contributed by atoms with van der Waals surface area (Å²) in [5.74, 6) is 2.47. The van der Waals surface area contributed by atoms with Gasteiger partial charge in [-0.05, 0) is 101 Å². The summed E-state index contributed by atoms with van der Waals surface area (Å²) in [6.07, 6.45) is 5.68. The van der Waals surface area contributed by atoms with Gasteiger partial charge in [-0.25, -0.2) is 4.98 Å². The molecule has 2 aliphatic rings. The first-order valence-electron chi connectivity index (χ1n) is 24.1. The molecular formula is C64H38N6O. The molecule has 6 aromatic heterocycles. The molecule has 1 aliphatic heterocycles. The number of fused-ring (bicyclic) bond motifs is 18. The van der Waals surface area contributed by atoms with Crippen LogP contribution in [0.1, 0.15) is 22.3 Å². The molecule has 0 unspecified atom stereocenters. The smallest absolute Gasteiger partial charge is 0.139 e. The molecule has 1 spiro atoms. The van der Waals surface area contributed by atoms with Crippen molar-refractivity contribution < 1.29 is 4.74 Å². The molecule has 0 amide bonds. The third kappa shape index (κ3) is 5.13. The molecule has 0 saturated carbocycles. The number of benzene rings is 8. The molecule has 0 N–H and O–H groups in total. The molecule has 330 valence electrons. The normalized spacial score (nSPS) is 13.3. The van der Waals surface area contributed by atoms with Gasteiger partial charge in [0.1, 0.15) is 17.3 Å². The minimum atomic E-state index is -0.751. The zero-order chi connectivity index (χ0) is 46.4. The van der Waals surface area contributed by atoms with Gasteiger partial charge in [0.05, 0.1) is 55.6 Å². The highest BCUT2D eigenvalue weighted by Crippen LogP contribution is 2.62. The molecule has 14 aromatic rings.